The predicted molar refractivity (Wildman–Crippen MR) is 205 cm³/mol. The lowest BCUT2D eigenvalue weighted by atomic mass is 9.80. The van der Waals surface area contributed by atoms with Crippen LogP contribution < -0.4 is 0 Å². The zero-order valence-corrected chi connectivity index (χ0v) is 26.1. The Bertz CT molecular complexity index is 2970. The summed E-state index contributed by atoms with van der Waals surface area (Å²) in [5, 5.41) is 22.0. The van der Waals surface area contributed by atoms with Gasteiger partial charge < -0.3 is 0 Å². The lowest BCUT2D eigenvalue weighted by Crippen LogP contribution is -2.00. The average molecular weight is 595 g/mol. The van der Waals surface area contributed by atoms with Gasteiger partial charge in [-0.2, -0.15) is 0 Å². The summed E-state index contributed by atoms with van der Waals surface area (Å²) in [7, 11) is 0. The number of fused-ring (bicyclic) bond motifs is 10. The molecule has 10 aromatic rings. The van der Waals surface area contributed by atoms with Gasteiger partial charge >= 0.3 is 0 Å². The molecule has 0 amide bonds. The van der Waals surface area contributed by atoms with E-state index in [2.05, 4.69) is 153 Å². The molecule has 10 aromatic carbocycles. The van der Waals surface area contributed by atoms with E-state index in [1.165, 1.54) is 108 Å². The molecule has 0 heteroatoms. The molecule has 11 rings (SSSR count). The number of hydrogen-bond acceptors (Lipinski definition) is 0. The number of allylic oxidation sites excluding steroid dienone is 4. The average Bonchev–Trinajstić information content (AvgIpc) is 3.65. The molecule has 0 heterocycles. The molecule has 0 spiro atoms. The first kappa shape index (κ1) is 25.5. The topological polar surface area (TPSA) is 0 Å². The molecule has 218 valence electrons. The second kappa shape index (κ2) is 9.18. The Labute approximate surface area is 272 Å². The van der Waals surface area contributed by atoms with Crippen LogP contribution in [0.4, 0.5) is 0 Å². The van der Waals surface area contributed by atoms with Gasteiger partial charge in [-0.1, -0.05) is 140 Å². The molecule has 1 atom stereocenters. The maximum atomic E-state index is 2.56. The van der Waals surface area contributed by atoms with E-state index in [0.717, 1.165) is 6.42 Å². The van der Waals surface area contributed by atoms with Crippen LogP contribution in [0.2, 0.25) is 0 Å². The summed E-state index contributed by atoms with van der Waals surface area (Å²) in [6, 6.07) is 45.8. The van der Waals surface area contributed by atoms with Crippen molar-refractivity contribution in [1.82, 2.24) is 0 Å². The molecule has 47 heavy (non-hydrogen) atoms. The van der Waals surface area contributed by atoms with Gasteiger partial charge in [-0.3, -0.25) is 0 Å². The van der Waals surface area contributed by atoms with Gasteiger partial charge in [0.15, 0.2) is 0 Å². The maximum Gasteiger partial charge on any atom is 0.00682 e. The monoisotopic (exact) mass is 594 g/mol. The fraction of sp³-hybridized carbons (Fsp3) is 0.0638. The van der Waals surface area contributed by atoms with Gasteiger partial charge in [-0.05, 0) is 128 Å². The van der Waals surface area contributed by atoms with E-state index in [-0.39, 0.29) is 5.92 Å². The Morgan fingerprint density at radius 2 is 1.02 bits per heavy atom. The zero-order chi connectivity index (χ0) is 30.8. The van der Waals surface area contributed by atoms with Crippen molar-refractivity contribution in [1.29, 1.82) is 0 Å². The van der Waals surface area contributed by atoms with Gasteiger partial charge in [-0.15, -0.1) is 0 Å². The minimum Gasteiger partial charge on any atom is -0.0836 e. The summed E-state index contributed by atoms with van der Waals surface area (Å²) in [5.74, 6) is 0.282. The van der Waals surface area contributed by atoms with Crippen molar-refractivity contribution in [2.24, 2.45) is 0 Å². The van der Waals surface area contributed by atoms with Crippen LogP contribution in [0, 0.1) is 6.92 Å². The molecular formula is C47H30. The summed E-state index contributed by atoms with van der Waals surface area (Å²) in [6.45, 7) is 2.36. The van der Waals surface area contributed by atoms with Crippen molar-refractivity contribution in [2.45, 2.75) is 19.3 Å². The van der Waals surface area contributed by atoms with Crippen LogP contribution in [-0.4, -0.2) is 0 Å². The first-order valence-electron chi connectivity index (χ1n) is 16.8. The van der Waals surface area contributed by atoms with E-state index in [1.807, 2.05) is 0 Å². The third-order valence-corrected chi connectivity index (χ3v) is 11.2. The molecule has 1 aliphatic rings. The Morgan fingerprint density at radius 3 is 1.74 bits per heavy atom. The number of rotatable bonds is 2. The first-order chi connectivity index (χ1) is 23.3. The highest BCUT2D eigenvalue weighted by Crippen LogP contribution is 2.55. The third kappa shape index (κ3) is 3.18. The van der Waals surface area contributed by atoms with Gasteiger partial charge in [0.2, 0.25) is 0 Å². The summed E-state index contributed by atoms with van der Waals surface area (Å²) >= 11 is 0. The molecule has 0 saturated carbocycles. The van der Waals surface area contributed by atoms with Crippen LogP contribution >= 0.6 is 0 Å². The molecule has 0 saturated heterocycles. The maximum absolute atomic E-state index is 2.56. The van der Waals surface area contributed by atoms with Crippen LogP contribution in [0.25, 0.3) is 97.3 Å². The molecule has 0 fully saturated rings. The zero-order valence-electron chi connectivity index (χ0n) is 26.1. The summed E-state index contributed by atoms with van der Waals surface area (Å²) < 4.78 is 0. The molecule has 0 nitrogen and oxygen atoms in total. The highest BCUT2D eigenvalue weighted by molar-refractivity contribution is 6.44. The quantitative estimate of drug-likeness (QED) is 0.175. The summed E-state index contributed by atoms with van der Waals surface area (Å²) in [5.41, 5.74) is 5.49. The van der Waals surface area contributed by atoms with Gasteiger partial charge in [0.25, 0.3) is 0 Å². The molecule has 0 bridgehead atoms. The molecule has 0 N–H and O–H groups in total. The Balaban J connectivity index is 1.53. The number of aryl methyl sites for hydroxylation is 1. The fourth-order valence-corrected chi connectivity index (χ4v) is 9.41. The highest BCUT2D eigenvalue weighted by atomic mass is 14.3. The van der Waals surface area contributed by atoms with Crippen LogP contribution in [-0.2, 0) is 0 Å². The SMILES string of the molecule is Cc1c2ccccc2c2cccc3c4c(C5C=CC=CC5)c5cc6c7ccccc7c7cccc(c5c(-c5ccccc5)c4c1c23)c76. The second-order valence-corrected chi connectivity index (χ2v) is 13.5. The molecule has 0 aliphatic heterocycles. The second-order valence-electron chi connectivity index (χ2n) is 13.5. The van der Waals surface area contributed by atoms with E-state index in [1.54, 1.807) is 0 Å². The van der Waals surface area contributed by atoms with Gasteiger partial charge in [0.1, 0.15) is 0 Å². The smallest absolute Gasteiger partial charge is 0.00682 e. The minimum atomic E-state index is 0.282. The molecule has 0 aromatic heterocycles. The van der Waals surface area contributed by atoms with E-state index in [0.29, 0.717) is 0 Å². The van der Waals surface area contributed by atoms with Crippen molar-refractivity contribution in [3.63, 3.8) is 0 Å². The standard InChI is InChI=1S/C47H30/c1-27-30-18-8-9-19-31(30)35-23-13-25-37-44(35)40(27)47-42(29-16-6-3-7-17-29)45-36-24-12-22-34-32-20-10-11-21-33(32)38(43(34)36)26-39(45)41(46(37)47)28-14-4-2-5-15-28/h2-14,16-26,28H,15H2,1H3. The summed E-state index contributed by atoms with van der Waals surface area (Å²) in [4.78, 5) is 0. The predicted octanol–water partition coefficient (Wildman–Crippen LogP) is 13.4. The van der Waals surface area contributed by atoms with Crippen molar-refractivity contribution >= 4 is 86.2 Å². The van der Waals surface area contributed by atoms with Gasteiger partial charge in [0, 0.05) is 5.92 Å². The molecular weight excluding hydrogens is 565 g/mol. The van der Waals surface area contributed by atoms with Crippen molar-refractivity contribution < 1.29 is 0 Å². The van der Waals surface area contributed by atoms with Crippen LogP contribution in [0.1, 0.15) is 23.5 Å². The van der Waals surface area contributed by atoms with Crippen molar-refractivity contribution in [3.05, 3.63) is 157 Å². The van der Waals surface area contributed by atoms with Crippen molar-refractivity contribution in [2.75, 3.05) is 0 Å². The number of benzene rings is 8. The third-order valence-electron chi connectivity index (χ3n) is 11.2. The molecule has 1 unspecified atom stereocenters. The van der Waals surface area contributed by atoms with Crippen LogP contribution in [0.3, 0.4) is 0 Å². The van der Waals surface area contributed by atoms with Gasteiger partial charge in [0.05, 0.1) is 0 Å². The van der Waals surface area contributed by atoms with E-state index in [4.69, 9.17) is 0 Å². The lowest BCUT2D eigenvalue weighted by Gasteiger charge is -2.23. The molecule has 0 radical (unpaired) electrons. The highest BCUT2D eigenvalue weighted by Gasteiger charge is 2.29. The van der Waals surface area contributed by atoms with Gasteiger partial charge in [-0.25, -0.2) is 0 Å². The minimum absolute atomic E-state index is 0.282. The normalized spacial score (nSPS) is 15.3. The Hall–Kier alpha value is -5.72. The van der Waals surface area contributed by atoms with Crippen LogP contribution in [0.15, 0.2) is 146 Å². The van der Waals surface area contributed by atoms with E-state index in [9.17, 15) is 0 Å². The fourth-order valence-electron chi connectivity index (χ4n) is 9.41. The van der Waals surface area contributed by atoms with Crippen molar-refractivity contribution in [3.8, 4) is 11.1 Å². The largest absolute Gasteiger partial charge is 0.0836 e. The Morgan fingerprint density at radius 1 is 0.426 bits per heavy atom. The summed E-state index contributed by atoms with van der Waals surface area (Å²) in [6.07, 6.45) is 10.3. The van der Waals surface area contributed by atoms with E-state index < -0.39 is 0 Å². The first-order valence-corrected chi connectivity index (χ1v) is 16.8. The Kier molecular flexibility index (Phi) is 4.97. The van der Waals surface area contributed by atoms with Crippen LogP contribution in [0.5, 0.6) is 0 Å². The van der Waals surface area contributed by atoms with E-state index >= 15 is 0 Å². The number of hydrogen-bond donors (Lipinski definition) is 0. The lowest BCUT2D eigenvalue weighted by molar-refractivity contribution is 0.870. The molecule has 1 aliphatic carbocycles.